The number of imide groups is 1. The number of benzene rings is 3. The molecule has 138 valence electrons. The molecule has 1 heterocycles. The summed E-state index contributed by atoms with van der Waals surface area (Å²) in [6, 6.07) is 17.0. The summed E-state index contributed by atoms with van der Waals surface area (Å²) in [5.74, 6) is -2.71. The minimum atomic E-state index is -0.716. The molecule has 0 fully saturated rings. The van der Waals surface area contributed by atoms with Crippen LogP contribution in [0.15, 0.2) is 66.7 Å². The zero-order chi connectivity index (χ0) is 19.8. The van der Waals surface area contributed by atoms with Crippen molar-refractivity contribution >= 4 is 35.1 Å². The summed E-state index contributed by atoms with van der Waals surface area (Å²) < 4.78 is 5.24. The van der Waals surface area contributed by atoms with Gasteiger partial charge in [0.05, 0.1) is 22.4 Å². The number of hydrogen-bond acceptors (Lipinski definition) is 5. The minimum absolute atomic E-state index is 0.0835. The lowest BCUT2D eigenvalue weighted by atomic mass is 10.1. The van der Waals surface area contributed by atoms with Crippen LogP contribution in [0.3, 0.4) is 0 Å². The second-order valence-corrected chi connectivity index (χ2v) is 6.45. The Labute approximate surface area is 164 Å². The first-order valence-corrected chi connectivity index (χ1v) is 8.62. The molecule has 28 heavy (non-hydrogen) atoms. The predicted molar refractivity (Wildman–Crippen MR) is 102 cm³/mol. The van der Waals surface area contributed by atoms with E-state index in [4.69, 9.17) is 16.3 Å². The van der Waals surface area contributed by atoms with E-state index < -0.39 is 23.5 Å². The molecule has 3 aromatic carbocycles. The number of halogens is 1. The van der Waals surface area contributed by atoms with E-state index in [2.05, 4.69) is 0 Å². The van der Waals surface area contributed by atoms with Crippen molar-refractivity contribution in [2.24, 2.45) is 0 Å². The van der Waals surface area contributed by atoms with Gasteiger partial charge in [-0.1, -0.05) is 41.9 Å². The average Bonchev–Trinajstić information content (AvgIpc) is 2.96. The Bertz CT molecular complexity index is 1090. The van der Waals surface area contributed by atoms with Crippen molar-refractivity contribution in [1.82, 2.24) is 0 Å². The van der Waals surface area contributed by atoms with Crippen LogP contribution in [0.5, 0.6) is 11.5 Å². The fraction of sp³-hybridized carbons (Fsp3) is 0. The topological polar surface area (TPSA) is 83.9 Å². The second kappa shape index (κ2) is 6.83. The highest BCUT2D eigenvalue weighted by molar-refractivity contribution is 6.36. The summed E-state index contributed by atoms with van der Waals surface area (Å²) in [5, 5.41) is 10.7. The van der Waals surface area contributed by atoms with Gasteiger partial charge in [0.15, 0.2) is 11.5 Å². The van der Waals surface area contributed by atoms with Crippen LogP contribution in [0, 0.1) is 0 Å². The molecule has 0 bridgehead atoms. The first kappa shape index (κ1) is 17.8. The normalized spacial score (nSPS) is 12.8. The molecule has 4 rings (SSSR count). The SMILES string of the molecule is O=C(Oc1cc(Cl)cc(N2C(=O)c3ccccc3C2=O)c1O)c1ccccc1. The van der Waals surface area contributed by atoms with Crippen molar-refractivity contribution in [3.05, 3.63) is 88.4 Å². The van der Waals surface area contributed by atoms with Gasteiger partial charge >= 0.3 is 5.97 Å². The van der Waals surface area contributed by atoms with Crippen molar-refractivity contribution in [2.45, 2.75) is 0 Å². The zero-order valence-electron chi connectivity index (χ0n) is 14.3. The minimum Gasteiger partial charge on any atom is -0.503 e. The number of phenols is 1. The first-order chi connectivity index (χ1) is 13.5. The number of phenolic OH excluding ortho intramolecular Hbond substituents is 1. The Morgan fingerprint density at radius 2 is 1.46 bits per heavy atom. The molecule has 0 atom stereocenters. The standard InChI is InChI=1S/C21H12ClNO5/c22-13-10-16(23-19(25)14-8-4-5-9-15(14)20(23)26)18(24)17(11-13)28-21(27)12-6-2-1-3-7-12/h1-11,24H. The van der Waals surface area contributed by atoms with E-state index in [1.165, 1.54) is 24.3 Å². The Morgan fingerprint density at radius 3 is 2.07 bits per heavy atom. The van der Waals surface area contributed by atoms with E-state index in [1.54, 1.807) is 42.5 Å². The molecule has 0 radical (unpaired) electrons. The summed E-state index contributed by atoms with van der Waals surface area (Å²) in [6.07, 6.45) is 0. The van der Waals surface area contributed by atoms with Crippen LogP contribution in [0.1, 0.15) is 31.1 Å². The van der Waals surface area contributed by atoms with Crippen molar-refractivity contribution < 1.29 is 24.2 Å². The van der Waals surface area contributed by atoms with E-state index in [1.807, 2.05) is 0 Å². The Kier molecular flexibility index (Phi) is 4.33. The van der Waals surface area contributed by atoms with Crippen molar-refractivity contribution in [3.63, 3.8) is 0 Å². The first-order valence-electron chi connectivity index (χ1n) is 8.25. The monoisotopic (exact) mass is 393 g/mol. The van der Waals surface area contributed by atoms with Crippen LogP contribution >= 0.6 is 11.6 Å². The third-order valence-electron chi connectivity index (χ3n) is 4.27. The number of anilines is 1. The summed E-state index contributed by atoms with van der Waals surface area (Å²) >= 11 is 6.08. The summed E-state index contributed by atoms with van der Waals surface area (Å²) in [5.41, 5.74) is 0.545. The number of esters is 1. The lowest BCUT2D eigenvalue weighted by Gasteiger charge is -2.18. The molecule has 2 amide bonds. The van der Waals surface area contributed by atoms with E-state index in [9.17, 15) is 19.5 Å². The summed E-state index contributed by atoms with van der Waals surface area (Å²) in [4.78, 5) is 38.4. The smallest absolute Gasteiger partial charge is 0.343 e. The number of hydrogen-bond donors (Lipinski definition) is 1. The fourth-order valence-electron chi connectivity index (χ4n) is 2.95. The van der Waals surface area contributed by atoms with Crippen LogP contribution in [0.4, 0.5) is 5.69 Å². The van der Waals surface area contributed by atoms with Crippen LogP contribution < -0.4 is 9.64 Å². The van der Waals surface area contributed by atoms with E-state index in [0.717, 1.165) is 4.90 Å². The number of amides is 2. The van der Waals surface area contributed by atoms with Gasteiger partial charge in [-0.15, -0.1) is 0 Å². The van der Waals surface area contributed by atoms with Crippen LogP contribution in [0.2, 0.25) is 5.02 Å². The van der Waals surface area contributed by atoms with Gasteiger partial charge in [-0.05, 0) is 30.3 Å². The van der Waals surface area contributed by atoms with Crippen LogP contribution in [-0.4, -0.2) is 22.9 Å². The largest absolute Gasteiger partial charge is 0.503 e. The lowest BCUT2D eigenvalue weighted by molar-refractivity contribution is 0.0730. The molecule has 1 N–H and O–H groups in total. The van der Waals surface area contributed by atoms with E-state index in [-0.39, 0.29) is 33.1 Å². The third-order valence-corrected chi connectivity index (χ3v) is 4.48. The Morgan fingerprint density at radius 1 is 0.893 bits per heavy atom. The molecule has 1 aliphatic heterocycles. The molecule has 1 aliphatic rings. The lowest BCUT2D eigenvalue weighted by Crippen LogP contribution is -2.29. The van der Waals surface area contributed by atoms with Gasteiger partial charge in [0, 0.05) is 11.1 Å². The number of aromatic hydroxyl groups is 1. The highest BCUT2D eigenvalue weighted by atomic mass is 35.5. The molecule has 6 nitrogen and oxygen atoms in total. The molecule has 7 heteroatoms. The van der Waals surface area contributed by atoms with E-state index >= 15 is 0 Å². The number of fused-ring (bicyclic) bond motifs is 1. The number of carbonyl (C=O) groups is 3. The number of rotatable bonds is 3. The highest BCUT2D eigenvalue weighted by Crippen LogP contribution is 2.42. The summed E-state index contributed by atoms with van der Waals surface area (Å²) in [6.45, 7) is 0. The molecule has 0 aliphatic carbocycles. The van der Waals surface area contributed by atoms with Crippen molar-refractivity contribution in [1.29, 1.82) is 0 Å². The molecular formula is C21H12ClNO5. The zero-order valence-corrected chi connectivity index (χ0v) is 15.0. The van der Waals surface area contributed by atoms with Crippen LogP contribution in [0.25, 0.3) is 0 Å². The van der Waals surface area contributed by atoms with Gasteiger partial charge in [0.25, 0.3) is 11.8 Å². The van der Waals surface area contributed by atoms with Gasteiger partial charge in [0.1, 0.15) is 0 Å². The molecule has 0 saturated heterocycles. The number of nitrogens with zero attached hydrogens (tertiary/aromatic N) is 1. The van der Waals surface area contributed by atoms with Gasteiger partial charge in [-0.2, -0.15) is 0 Å². The van der Waals surface area contributed by atoms with Crippen molar-refractivity contribution in [2.75, 3.05) is 4.90 Å². The molecule has 3 aromatic rings. The Hall–Kier alpha value is -3.64. The van der Waals surface area contributed by atoms with Gasteiger partial charge < -0.3 is 9.84 Å². The second-order valence-electron chi connectivity index (χ2n) is 6.02. The molecule has 0 aromatic heterocycles. The maximum Gasteiger partial charge on any atom is 0.343 e. The molecule has 0 unspecified atom stereocenters. The average molecular weight is 394 g/mol. The van der Waals surface area contributed by atoms with Crippen LogP contribution in [-0.2, 0) is 0 Å². The van der Waals surface area contributed by atoms with Gasteiger partial charge in [-0.3, -0.25) is 9.59 Å². The molecule has 0 spiro atoms. The third kappa shape index (κ3) is 2.90. The quantitative estimate of drug-likeness (QED) is 0.412. The molecule has 0 saturated carbocycles. The fourth-order valence-corrected chi connectivity index (χ4v) is 3.15. The maximum atomic E-state index is 12.7. The van der Waals surface area contributed by atoms with Gasteiger partial charge in [0.2, 0.25) is 0 Å². The number of carbonyl (C=O) groups excluding carboxylic acids is 3. The Balaban J connectivity index is 1.73. The predicted octanol–water partition coefficient (Wildman–Crippen LogP) is 4.07. The highest BCUT2D eigenvalue weighted by Gasteiger charge is 2.38. The van der Waals surface area contributed by atoms with E-state index in [0.29, 0.717) is 0 Å². The van der Waals surface area contributed by atoms with Gasteiger partial charge in [-0.25, -0.2) is 9.69 Å². The summed E-state index contributed by atoms with van der Waals surface area (Å²) in [7, 11) is 0. The molecular weight excluding hydrogens is 382 g/mol. The van der Waals surface area contributed by atoms with Crippen molar-refractivity contribution in [3.8, 4) is 11.5 Å². The maximum absolute atomic E-state index is 12.7. The number of ether oxygens (including phenoxy) is 1.